The van der Waals surface area contributed by atoms with Crippen LogP contribution in [0.15, 0.2) is 18.2 Å². The van der Waals surface area contributed by atoms with E-state index in [0.717, 1.165) is 0 Å². The summed E-state index contributed by atoms with van der Waals surface area (Å²) in [7, 11) is 0. The average Bonchev–Trinajstić information content (AvgIpc) is 2.21. The van der Waals surface area contributed by atoms with Gasteiger partial charge in [0.15, 0.2) is 0 Å². The molecule has 0 bridgehead atoms. The zero-order valence-electron chi connectivity index (χ0n) is 9.42. The van der Waals surface area contributed by atoms with E-state index in [2.05, 4.69) is 30.8 Å². The Labute approximate surface area is 96.4 Å². The summed E-state index contributed by atoms with van der Waals surface area (Å²) < 4.78 is 0. The number of hydrogen-bond acceptors (Lipinski definition) is 2. The van der Waals surface area contributed by atoms with Crippen molar-refractivity contribution in [1.82, 2.24) is 4.84 Å². The molecule has 1 aromatic carbocycles. The molecular formula is C12H18ClNO. The molecule has 1 aromatic rings. The van der Waals surface area contributed by atoms with Crippen LogP contribution in [0.5, 0.6) is 0 Å². The van der Waals surface area contributed by atoms with Crippen molar-refractivity contribution >= 4 is 11.8 Å². The average molecular weight is 228 g/mol. The van der Waals surface area contributed by atoms with E-state index in [1.807, 2.05) is 13.0 Å². The number of rotatable bonds is 4. The Bertz CT molecular complexity index is 327. The molecule has 0 radical (unpaired) electrons. The Kier molecular flexibility index (Phi) is 4.58. The van der Waals surface area contributed by atoms with Crippen molar-refractivity contribution in [3.63, 3.8) is 0 Å². The zero-order valence-corrected chi connectivity index (χ0v) is 10.2. The normalized spacial score (nSPS) is 15.0. The molecule has 84 valence electrons. The van der Waals surface area contributed by atoms with Gasteiger partial charge >= 0.3 is 0 Å². The summed E-state index contributed by atoms with van der Waals surface area (Å²) in [4.78, 5) is 2.47. The van der Waals surface area contributed by atoms with Crippen molar-refractivity contribution in [2.45, 2.75) is 32.8 Å². The number of nitrogens with one attached hydrogen (secondary N) is 1. The van der Waals surface area contributed by atoms with Crippen molar-refractivity contribution in [3.8, 4) is 0 Å². The molecule has 0 fully saturated rings. The predicted octanol–water partition coefficient (Wildman–Crippen LogP) is 2.51. The molecule has 1 rings (SSSR count). The Balaban J connectivity index is 2.90. The molecule has 0 aliphatic heterocycles. The third-order valence-corrected chi connectivity index (χ3v) is 3.15. The number of benzene rings is 1. The lowest BCUT2D eigenvalue weighted by molar-refractivity contribution is 0.153. The van der Waals surface area contributed by atoms with Gasteiger partial charge in [0, 0.05) is 12.5 Å². The van der Waals surface area contributed by atoms with Crippen LogP contribution < -0.4 is 4.84 Å². The maximum atomic E-state index is 9.84. The van der Waals surface area contributed by atoms with E-state index in [1.165, 1.54) is 16.7 Å². The van der Waals surface area contributed by atoms with E-state index >= 15 is 0 Å². The molecule has 0 aliphatic rings. The summed E-state index contributed by atoms with van der Waals surface area (Å²) in [6, 6.07) is 6.16. The minimum atomic E-state index is -0.456. The number of halogens is 1. The standard InChI is InChI=1S/C12H18ClNO/c1-8-5-4-6-11(9(8)2)10(3)12(15)7-14-13/h4-6,10,12,14-15H,7H2,1-3H3. The van der Waals surface area contributed by atoms with Crippen LogP contribution in [0.3, 0.4) is 0 Å². The van der Waals surface area contributed by atoms with Crippen LogP contribution in [0.1, 0.15) is 29.5 Å². The summed E-state index contributed by atoms with van der Waals surface area (Å²) in [5.41, 5.74) is 3.69. The molecule has 0 saturated carbocycles. The number of aliphatic hydroxyl groups excluding tert-OH is 1. The quantitative estimate of drug-likeness (QED) is 0.775. The Hall–Kier alpha value is -0.570. The van der Waals surface area contributed by atoms with Gasteiger partial charge in [0.25, 0.3) is 0 Å². The predicted molar refractivity (Wildman–Crippen MR) is 64.2 cm³/mol. The van der Waals surface area contributed by atoms with Crippen molar-refractivity contribution < 1.29 is 5.11 Å². The summed E-state index contributed by atoms with van der Waals surface area (Å²) in [6.45, 7) is 6.58. The van der Waals surface area contributed by atoms with Gasteiger partial charge in [-0.1, -0.05) is 25.1 Å². The van der Waals surface area contributed by atoms with E-state index in [0.29, 0.717) is 6.54 Å². The number of aliphatic hydroxyl groups is 1. The maximum Gasteiger partial charge on any atom is 0.0743 e. The van der Waals surface area contributed by atoms with Gasteiger partial charge in [0.05, 0.1) is 6.10 Å². The first-order valence-corrected chi connectivity index (χ1v) is 5.53. The van der Waals surface area contributed by atoms with Crippen LogP contribution >= 0.6 is 11.8 Å². The smallest absolute Gasteiger partial charge is 0.0743 e. The van der Waals surface area contributed by atoms with Gasteiger partial charge in [-0.2, -0.15) is 0 Å². The molecule has 0 heterocycles. The number of hydrogen-bond donors (Lipinski definition) is 2. The fourth-order valence-corrected chi connectivity index (χ4v) is 1.89. The lowest BCUT2D eigenvalue weighted by atomic mass is 9.90. The first-order valence-electron chi connectivity index (χ1n) is 5.15. The molecule has 0 amide bonds. The fraction of sp³-hybridized carbons (Fsp3) is 0.500. The first-order chi connectivity index (χ1) is 7.07. The molecule has 2 unspecified atom stereocenters. The van der Waals surface area contributed by atoms with E-state index < -0.39 is 6.10 Å². The van der Waals surface area contributed by atoms with Gasteiger partial charge in [-0.15, -0.1) is 0 Å². The summed E-state index contributed by atoms with van der Waals surface area (Å²) in [5, 5.41) is 9.84. The van der Waals surface area contributed by atoms with Crippen molar-refractivity contribution in [3.05, 3.63) is 34.9 Å². The molecule has 0 spiro atoms. The second-order valence-electron chi connectivity index (χ2n) is 3.98. The lowest BCUT2D eigenvalue weighted by Crippen LogP contribution is -2.26. The number of aryl methyl sites for hydroxylation is 1. The molecule has 0 aromatic heterocycles. The summed E-state index contributed by atoms with van der Waals surface area (Å²) in [6.07, 6.45) is -0.456. The van der Waals surface area contributed by atoms with Crippen LogP contribution in [0.25, 0.3) is 0 Å². The zero-order chi connectivity index (χ0) is 11.4. The molecule has 0 saturated heterocycles. The third kappa shape index (κ3) is 2.94. The van der Waals surface area contributed by atoms with Gasteiger partial charge < -0.3 is 5.11 Å². The highest BCUT2D eigenvalue weighted by molar-refractivity contribution is 6.13. The molecule has 2 atom stereocenters. The van der Waals surface area contributed by atoms with E-state index in [-0.39, 0.29) is 5.92 Å². The molecule has 15 heavy (non-hydrogen) atoms. The second-order valence-corrected chi connectivity index (χ2v) is 4.25. The fourth-order valence-electron chi connectivity index (χ4n) is 1.73. The molecule has 2 N–H and O–H groups in total. The van der Waals surface area contributed by atoms with Crippen LogP contribution in [0, 0.1) is 13.8 Å². The minimum Gasteiger partial charge on any atom is -0.391 e. The van der Waals surface area contributed by atoms with E-state index in [4.69, 9.17) is 11.8 Å². The largest absolute Gasteiger partial charge is 0.391 e. The van der Waals surface area contributed by atoms with E-state index in [9.17, 15) is 5.11 Å². The molecule has 3 heteroatoms. The van der Waals surface area contributed by atoms with Crippen LogP contribution in [0.4, 0.5) is 0 Å². The van der Waals surface area contributed by atoms with Gasteiger partial charge in [-0.25, -0.2) is 4.84 Å². The monoisotopic (exact) mass is 227 g/mol. The van der Waals surface area contributed by atoms with Crippen LogP contribution in [-0.4, -0.2) is 17.8 Å². The van der Waals surface area contributed by atoms with E-state index in [1.54, 1.807) is 0 Å². The van der Waals surface area contributed by atoms with Crippen molar-refractivity contribution in [2.24, 2.45) is 0 Å². The van der Waals surface area contributed by atoms with Crippen LogP contribution in [0.2, 0.25) is 0 Å². The highest BCUT2D eigenvalue weighted by atomic mass is 35.5. The van der Waals surface area contributed by atoms with Crippen molar-refractivity contribution in [2.75, 3.05) is 6.54 Å². The molecular weight excluding hydrogens is 210 g/mol. The lowest BCUT2D eigenvalue weighted by Gasteiger charge is -2.21. The Morgan fingerprint density at radius 3 is 2.67 bits per heavy atom. The maximum absolute atomic E-state index is 9.84. The van der Waals surface area contributed by atoms with Gasteiger partial charge in [0.1, 0.15) is 0 Å². The topological polar surface area (TPSA) is 32.3 Å². The minimum absolute atomic E-state index is 0.0937. The van der Waals surface area contributed by atoms with Gasteiger partial charge in [-0.3, -0.25) is 0 Å². The first kappa shape index (κ1) is 12.5. The van der Waals surface area contributed by atoms with Crippen molar-refractivity contribution in [1.29, 1.82) is 0 Å². The highest BCUT2D eigenvalue weighted by Crippen LogP contribution is 2.24. The SMILES string of the molecule is Cc1cccc(C(C)C(O)CNCl)c1C. The molecule has 0 aliphatic carbocycles. The Morgan fingerprint density at radius 2 is 2.07 bits per heavy atom. The van der Waals surface area contributed by atoms with Gasteiger partial charge in [0.2, 0.25) is 0 Å². The summed E-state index contributed by atoms with van der Waals surface area (Å²) >= 11 is 5.39. The Morgan fingerprint density at radius 1 is 1.40 bits per heavy atom. The highest BCUT2D eigenvalue weighted by Gasteiger charge is 2.17. The third-order valence-electron chi connectivity index (χ3n) is 3.00. The second kappa shape index (κ2) is 5.50. The summed E-state index contributed by atoms with van der Waals surface area (Å²) in [5.74, 6) is 0.0937. The molecule has 2 nitrogen and oxygen atoms in total. The van der Waals surface area contributed by atoms with Crippen LogP contribution in [-0.2, 0) is 0 Å². The van der Waals surface area contributed by atoms with Gasteiger partial charge in [-0.05, 0) is 42.3 Å².